The molecule has 2 heterocycles. The van der Waals surface area contributed by atoms with Gasteiger partial charge >= 0.3 is 0 Å². The molecule has 0 unspecified atom stereocenters. The fraction of sp³-hybridized carbons (Fsp3) is 0.953. The van der Waals surface area contributed by atoms with E-state index in [0.717, 1.165) is 25.7 Å². The van der Waals surface area contributed by atoms with Gasteiger partial charge in [0.2, 0.25) is 0 Å². The molecular weight excluding hydrogens is 708 g/mol. The SMILES string of the molecule is C[C@H](C/C=C/C(C)(C)O)[C@H]1CC[C@@]2(C)[C@@H]3CC[C@@]4(C)C(C)(C)[C@@H](O[C@@H]5O[C@H](CO)[C@@H](O[C@@H]6O[C@H](CO)[C@@H](O)[C@H](O)[C@H]6O)[C@H](O)[C@H]5O)CC[C@@]45C[C@@]35CC[C@]12C. The maximum Gasteiger partial charge on any atom is 0.187 e. The van der Waals surface area contributed by atoms with Crippen molar-refractivity contribution >= 4 is 0 Å². The number of allylic oxidation sites excluding steroid dienone is 1. The lowest BCUT2D eigenvalue weighted by atomic mass is 9.38. The zero-order valence-corrected chi connectivity index (χ0v) is 34.4. The van der Waals surface area contributed by atoms with Crippen molar-refractivity contribution in [1.82, 2.24) is 0 Å². The summed E-state index contributed by atoms with van der Waals surface area (Å²) in [5.74, 6) is 1.89. The molecule has 19 atom stereocenters. The third-order valence-corrected chi connectivity index (χ3v) is 18.1. The van der Waals surface area contributed by atoms with Crippen LogP contribution in [0.2, 0.25) is 0 Å². The van der Waals surface area contributed by atoms with Crippen molar-refractivity contribution in [2.24, 2.45) is 50.2 Å². The summed E-state index contributed by atoms with van der Waals surface area (Å²) < 4.78 is 24.1. The molecule has 0 aromatic heterocycles. The van der Waals surface area contributed by atoms with Crippen LogP contribution in [0, 0.1) is 50.2 Å². The minimum absolute atomic E-state index is 0.0277. The van der Waals surface area contributed by atoms with Gasteiger partial charge in [0.25, 0.3) is 0 Å². The van der Waals surface area contributed by atoms with E-state index in [1.54, 1.807) is 0 Å². The van der Waals surface area contributed by atoms with Gasteiger partial charge in [-0.3, -0.25) is 0 Å². The Labute approximate surface area is 327 Å². The predicted molar refractivity (Wildman–Crippen MR) is 202 cm³/mol. The Hall–Kier alpha value is -0.740. The second-order valence-corrected chi connectivity index (χ2v) is 21.0. The number of hydrogen-bond acceptors (Lipinski definition) is 12. The summed E-state index contributed by atoms with van der Waals surface area (Å²) in [6.07, 6.45) is 0.478. The van der Waals surface area contributed by atoms with E-state index in [2.05, 4.69) is 47.6 Å². The zero-order chi connectivity index (χ0) is 40.3. The van der Waals surface area contributed by atoms with Crippen LogP contribution < -0.4 is 0 Å². The second kappa shape index (κ2) is 14.2. The highest BCUT2D eigenvalue weighted by molar-refractivity contribution is 5.33. The standard InChI is InChI=1S/C43H72O12/c1-23(10-9-14-37(2,3)51)24-11-15-40(7)27-12-16-41(8)38(4,5)28(13-17-43(41)22-42(27,43)19-18-39(24,40)6)54-35-33(50)31(48)34(26(21-45)53-35)55-36-32(49)30(47)29(46)25(20-44)52-36/h9,14,23-36,44-51H,10-13,15-22H2,1-8H3/b14-9+/t23-,24-,25-,26-,27+,28+,29-,30+,31-,32-,33-,34-,35+,36+,39-,40+,41+,42+,43-/m1/s1. The van der Waals surface area contributed by atoms with Gasteiger partial charge in [0.15, 0.2) is 12.6 Å². The van der Waals surface area contributed by atoms with E-state index in [-0.39, 0.29) is 33.2 Å². The summed E-state index contributed by atoms with van der Waals surface area (Å²) in [5, 5.41) is 83.9. The molecule has 5 aliphatic carbocycles. The van der Waals surface area contributed by atoms with Crippen LogP contribution in [-0.2, 0) is 18.9 Å². The van der Waals surface area contributed by atoms with Gasteiger partial charge in [-0.2, -0.15) is 0 Å². The first-order valence-corrected chi connectivity index (χ1v) is 21.2. The van der Waals surface area contributed by atoms with Crippen molar-refractivity contribution in [2.75, 3.05) is 13.2 Å². The van der Waals surface area contributed by atoms with Crippen LogP contribution >= 0.6 is 0 Å². The first-order chi connectivity index (χ1) is 25.6. The first-order valence-electron chi connectivity index (χ1n) is 21.2. The second-order valence-electron chi connectivity index (χ2n) is 21.0. The van der Waals surface area contributed by atoms with E-state index in [1.807, 2.05) is 19.9 Å². The highest BCUT2D eigenvalue weighted by Crippen LogP contribution is 2.92. The molecule has 316 valence electrons. The van der Waals surface area contributed by atoms with E-state index in [9.17, 15) is 40.9 Å². The molecule has 8 N–H and O–H groups in total. The third-order valence-electron chi connectivity index (χ3n) is 18.1. The molecule has 2 spiro atoms. The van der Waals surface area contributed by atoms with Crippen LogP contribution in [0.1, 0.15) is 120 Å². The van der Waals surface area contributed by atoms with Crippen LogP contribution in [0.15, 0.2) is 12.2 Å². The van der Waals surface area contributed by atoms with Crippen molar-refractivity contribution in [3.63, 3.8) is 0 Å². The van der Waals surface area contributed by atoms with E-state index < -0.39 is 80.2 Å². The molecule has 7 aliphatic rings. The Bertz CT molecular complexity index is 1430. The molecule has 2 saturated heterocycles. The van der Waals surface area contributed by atoms with Gasteiger partial charge in [-0.25, -0.2) is 0 Å². The first kappa shape index (κ1) is 42.4. The summed E-state index contributed by atoms with van der Waals surface area (Å²) >= 11 is 0. The Morgan fingerprint density at radius 2 is 1.36 bits per heavy atom. The summed E-state index contributed by atoms with van der Waals surface area (Å²) in [6.45, 7) is 17.1. The quantitative estimate of drug-likeness (QED) is 0.119. The maximum absolute atomic E-state index is 11.4. The van der Waals surface area contributed by atoms with E-state index in [4.69, 9.17) is 18.9 Å². The van der Waals surface area contributed by atoms with Crippen LogP contribution in [-0.4, -0.2) is 127 Å². The van der Waals surface area contributed by atoms with Gasteiger partial charge in [-0.05, 0) is 128 Å². The molecule has 55 heavy (non-hydrogen) atoms. The Morgan fingerprint density at radius 3 is 2.02 bits per heavy atom. The minimum Gasteiger partial charge on any atom is -0.394 e. The third kappa shape index (κ3) is 6.12. The summed E-state index contributed by atoms with van der Waals surface area (Å²) in [7, 11) is 0. The molecule has 12 nitrogen and oxygen atoms in total. The molecule has 0 aromatic carbocycles. The molecule has 7 rings (SSSR count). The molecule has 0 bridgehead atoms. The lowest BCUT2D eigenvalue weighted by Crippen LogP contribution is -2.66. The average molecular weight is 781 g/mol. The fourth-order valence-electron chi connectivity index (χ4n) is 14.4. The molecule has 0 radical (unpaired) electrons. The minimum atomic E-state index is -1.72. The molecule has 0 aromatic rings. The topological polar surface area (TPSA) is 199 Å². The summed E-state index contributed by atoms with van der Waals surface area (Å²) in [6, 6.07) is 0. The Balaban J connectivity index is 1.05. The van der Waals surface area contributed by atoms with Crippen LogP contribution in [0.5, 0.6) is 0 Å². The monoisotopic (exact) mass is 781 g/mol. The van der Waals surface area contributed by atoms with Gasteiger partial charge < -0.3 is 59.8 Å². The zero-order valence-electron chi connectivity index (χ0n) is 34.4. The van der Waals surface area contributed by atoms with Crippen molar-refractivity contribution < 1.29 is 59.8 Å². The molecule has 5 saturated carbocycles. The van der Waals surface area contributed by atoms with Gasteiger partial charge in [-0.15, -0.1) is 0 Å². The number of fused-ring (bicyclic) bond motifs is 2. The van der Waals surface area contributed by atoms with Crippen LogP contribution in [0.4, 0.5) is 0 Å². The van der Waals surface area contributed by atoms with E-state index >= 15 is 0 Å². The summed E-state index contributed by atoms with van der Waals surface area (Å²) in [5.41, 5.74) is -0.0457. The molecule has 12 heteroatoms. The van der Waals surface area contributed by atoms with Crippen LogP contribution in [0.25, 0.3) is 0 Å². The van der Waals surface area contributed by atoms with Crippen molar-refractivity contribution in [3.05, 3.63) is 12.2 Å². The van der Waals surface area contributed by atoms with Crippen molar-refractivity contribution in [1.29, 1.82) is 0 Å². The van der Waals surface area contributed by atoms with Gasteiger partial charge in [0, 0.05) is 0 Å². The predicted octanol–water partition coefficient (Wildman–Crippen LogP) is 3.18. The van der Waals surface area contributed by atoms with Crippen molar-refractivity contribution in [3.8, 4) is 0 Å². The lowest BCUT2D eigenvalue weighted by molar-refractivity contribution is -0.369. The van der Waals surface area contributed by atoms with E-state index in [0.29, 0.717) is 23.2 Å². The van der Waals surface area contributed by atoms with Crippen molar-refractivity contribution in [2.45, 2.75) is 193 Å². The fourth-order valence-corrected chi connectivity index (χ4v) is 14.4. The Kier molecular flexibility index (Phi) is 10.9. The summed E-state index contributed by atoms with van der Waals surface area (Å²) in [4.78, 5) is 0. The average Bonchev–Trinajstić information content (AvgIpc) is 3.71. The van der Waals surface area contributed by atoms with Crippen LogP contribution in [0.3, 0.4) is 0 Å². The molecule has 0 amide bonds. The maximum atomic E-state index is 11.4. The molecule has 2 aliphatic heterocycles. The van der Waals surface area contributed by atoms with Gasteiger partial charge in [0.05, 0.1) is 24.9 Å². The lowest BCUT2D eigenvalue weighted by Gasteiger charge is -2.67. The normalized spacial score (nSPS) is 53.9. The van der Waals surface area contributed by atoms with Gasteiger partial charge in [0.1, 0.15) is 48.8 Å². The van der Waals surface area contributed by atoms with E-state index in [1.165, 1.54) is 38.5 Å². The number of rotatable bonds is 10. The Morgan fingerprint density at radius 1 is 0.727 bits per heavy atom. The number of aliphatic hydroxyl groups excluding tert-OH is 7. The van der Waals surface area contributed by atoms with Gasteiger partial charge in [-0.1, -0.05) is 53.7 Å². The largest absolute Gasteiger partial charge is 0.394 e. The number of ether oxygens (including phenoxy) is 4. The smallest absolute Gasteiger partial charge is 0.187 e. The highest BCUT2D eigenvalue weighted by Gasteiger charge is 2.85. The molecule has 7 fully saturated rings. The highest BCUT2D eigenvalue weighted by atomic mass is 16.7. The number of hydrogen-bond donors (Lipinski definition) is 8. The molecular formula is C43H72O12. The number of aliphatic hydroxyl groups is 8.